The topological polar surface area (TPSA) is 67.4 Å². The van der Waals surface area contributed by atoms with Gasteiger partial charge in [-0.3, -0.25) is 9.59 Å². The van der Waals surface area contributed by atoms with Gasteiger partial charge in [0, 0.05) is 16.9 Å². The summed E-state index contributed by atoms with van der Waals surface area (Å²) in [7, 11) is 0. The number of para-hydroxylation sites is 2. The number of nitrogens with one attached hydrogen (secondary N) is 2. The molecule has 0 aliphatic heterocycles. The Balaban J connectivity index is 1.52. The highest BCUT2D eigenvalue weighted by Gasteiger charge is 2.07. The standard InChI is InChI=1S/C21H18N2O3/c24-20(15-26-19-9-5-2-6-10-19)22-18-13-11-16(12-14-18)21(25)23-17-7-3-1-4-8-17/h1-14H,15H2,(H,22,24)(H,23,25). The lowest BCUT2D eigenvalue weighted by molar-refractivity contribution is -0.118. The second-order valence-corrected chi connectivity index (χ2v) is 5.55. The van der Waals surface area contributed by atoms with Gasteiger partial charge < -0.3 is 15.4 Å². The van der Waals surface area contributed by atoms with Crippen LogP contribution in [0.25, 0.3) is 0 Å². The summed E-state index contributed by atoms with van der Waals surface area (Å²) >= 11 is 0. The highest BCUT2D eigenvalue weighted by atomic mass is 16.5. The van der Waals surface area contributed by atoms with Crippen molar-refractivity contribution in [2.24, 2.45) is 0 Å². The van der Waals surface area contributed by atoms with Crippen molar-refractivity contribution in [2.75, 3.05) is 17.2 Å². The Kier molecular flexibility index (Phi) is 5.62. The lowest BCUT2D eigenvalue weighted by Gasteiger charge is -2.08. The number of benzene rings is 3. The minimum Gasteiger partial charge on any atom is -0.484 e. The molecule has 0 saturated carbocycles. The molecular formula is C21H18N2O3. The van der Waals surface area contributed by atoms with Crippen LogP contribution < -0.4 is 15.4 Å². The Morgan fingerprint density at radius 2 is 1.27 bits per heavy atom. The average molecular weight is 346 g/mol. The van der Waals surface area contributed by atoms with Crippen molar-refractivity contribution < 1.29 is 14.3 Å². The highest BCUT2D eigenvalue weighted by molar-refractivity contribution is 6.04. The monoisotopic (exact) mass is 346 g/mol. The fourth-order valence-corrected chi connectivity index (χ4v) is 2.29. The van der Waals surface area contributed by atoms with Crippen LogP contribution in [0, 0.1) is 0 Å². The van der Waals surface area contributed by atoms with Gasteiger partial charge in [-0.25, -0.2) is 0 Å². The molecule has 0 atom stereocenters. The van der Waals surface area contributed by atoms with Crippen molar-refractivity contribution in [3.8, 4) is 5.75 Å². The molecule has 0 radical (unpaired) electrons. The minimum absolute atomic E-state index is 0.0831. The van der Waals surface area contributed by atoms with Crippen LogP contribution in [-0.2, 0) is 4.79 Å². The zero-order valence-electron chi connectivity index (χ0n) is 14.0. The van der Waals surface area contributed by atoms with Crippen LogP contribution in [0.1, 0.15) is 10.4 Å². The molecule has 0 bridgehead atoms. The van der Waals surface area contributed by atoms with Crippen LogP contribution in [0.3, 0.4) is 0 Å². The van der Waals surface area contributed by atoms with Gasteiger partial charge in [-0.1, -0.05) is 36.4 Å². The smallest absolute Gasteiger partial charge is 0.262 e. The van der Waals surface area contributed by atoms with E-state index in [-0.39, 0.29) is 18.4 Å². The molecule has 0 saturated heterocycles. The first-order valence-corrected chi connectivity index (χ1v) is 8.15. The van der Waals surface area contributed by atoms with E-state index in [0.717, 1.165) is 5.69 Å². The summed E-state index contributed by atoms with van der Waals surface area (Å²) in [6.07, 6.45) is 0. The van der Waals surface area contributed by atoms with Gasteiger partial charge in [-0.2, -0.15) is 0 Å². The number of carbonyl (C=O) groups is 2. The molecule has 0 unspecified atom stereocenters. The van der Waals surface area contributed by atoms with Crippen LogP contribution in [0.5, 0.6) is 5.75 Å². The summed E-state index contributed by atoms with van der Waals surface area (Å²) in [5.74, 6) is 0.160. The van der Waals surface area contributed by atoms with E-state index in [0.29, 0.717) is 17.0 Å². The van der Waals surface area contributed by atoms with E-state index in [1.165, 1.54) is 0 Å². The Labute approximate surface area is 151 Å². The van der Waals surface area contributed by atoms with Crippen LogP contribution in [0.2, 0.25) is 0 Å². The van der Waals surface area contributed by atoms with Gasteiger partial charge >= 0.3 is 0 Å². The van der Waals surface area contributed by atoms with Crippen molar-refractivity contribution in [1.82, 2.24) is 0 Å². The molecule has 26 heavy (non-hydrogen) atoms. The Hall–Kier alpha value is -3.60. The number of amides is 2. The van der Waals surface area contributed by atoms with Crippen molar-refractivity contribution in [1.29, 1.82) is 0 Å². The number of hydrogen-bond donors (Lipinski definition) is 2. The fourth-order valence-electron chi connectivity index (χ4n) is 2.29. The summed E-state index contributed by atoms with van der Waals surface area (Å²) in [6.45, 7) is -0.0831. The molecule has 0 spiro atoms. The van der Waals surface area contributed by atoms with Gasteiger partial charge in [0.1, 0.15) is 5.75 Å². The van der Waals surface area contributed by atoms with E-state index >= 15 is 0 Å². The Morgan fingerprint density at radius 3 is 1.92 bits per heavy atom. The van der Waals surface area contributed by atoms with E-state index in [4.69, 9.17) is 4.74 Å². The lowest BCUT2D eigenvalue weighted by Crippen LogP contribution is -2.20. The van der Waals surface area contributed by atoms with Gasteiger partial charge in [0.15, 0.2) is 6.61 Å². The lowest BCUT2D eigenvalue weighted by atomic mass is 10.2. The summed E-state index contributed by atoms with van der Waals surface area (Å²) in [5, 5.41) is 5.54. The van der Waals surface area contributed by atoms with E-state index in [1.807, 2.05) is 48.5 Å². The normalized spacial score (nSPS) is 10.0. The van der Waals surface area contributed by atoms with Gasteiger partial charge in [-0.15, -0.1) is 0 Å². The third-order valence-corrected chi connectivity index (χ3v) is 3.58. The molecule has 0 aromatic heterocycles. The fraction of sp³-hybridized carbons (Fsp3) is 0.0476. The zero-order chi connectivity index (χ0) is 18.2. The first-order valence-electron chi connectivity index (χ1n) is 8.15. The van der Waals surface area contributed by atoms with E-state index < -0.39 is 0 Å². The zero-order valence-corrected chi connectivity index (χ0v) is 14.0. The predicted octanol–water partition coefficient (Wildman–Crippen LogP) is 3.96. The first-order chi connectivity index (χ1) is 12.7. The van der Waals surface area contributed by atoms with E-state index in [9.17, 15) is 9.59 Å². The van der Waals surface area contributed by atoms with Crippen LogP contribution >= 0.6 is 0 Å². The van der Waals surface area contributed by atoms with Crippen molar-refractivity contribution in [3.63, 3.8) is 0 Å². The molecule has 0 aliphatic carbocycles. The molecule has 130 valence electrons. The number of ether oxygens (including phenoxy) is 1. The largest absolute Gasteiger partial charge is 0.484 e. The first kappa shape index (κ1) is 17.2. The highest BCUT2D eigenvalue weighted by Crippen LogP contribution is 2.13. The second-order valence-electron chi connectivity index (χ2n) is 5.55. The maximum Gasteiger partial charge on any atom is 0.262 e. The molecule has 0 fully saturated rings. The SMILES string of the molecule is O=C(COc1ccccc1)Nc1ccc(C(=O)Nc2ccccc2)cc1. The van der Waals surface area contributed by atoms with Crippen LogP contribution in [0.15, 0.2) is 84.9 Å². The number of hydrogen-bond acceptors (Lipinski definition) is 3. The average Bonchev–Trinajstić information content (AvgIpc) is 2.68. The number of rotatable bonds is 6. The van der Waals surface area contributed by atoms with Gasteiger partial charge in [0.25, 0.3) is 11.8 Å². The third-order valence-electron chi connectivity index (χ3n) is 3.58. The quantitative estimate of drug-likeness (QED) is 0.710. The summed E-state index contributed by atoms with van der Waals surface area (Å²) in [5.41, 5.74) is 1.84. The molecule has 2 amide bonds. The molecule has 2 N–H and O–H groups in total. The third kappa shape index (κ3) is 4.95. The molecular weight excluding hydrogens is 328 g/mol. The summed E-state index contributed by atoms with van der Waals surface area (Å²) in [6, 6.07) is 25.0. The van der Waals surface area contributed by atoms with Crippen molar-refractivity contribution >= 4 is 23.2 Å². The molecule has 5 nitrogen and oxygen atoms in total. The Bertz CT molecular complexity index is 863. The van der Waals surface area contributed by atoms with Gasteiger partial charge in [-0.05, 0) is 48.5 Å². The summed E-state index contributed by atoms with van der Waals surface area (Å²) in [4.78, 5) is 24.1. The molecule has 3 aromatic carbocycles. The maximum atomic E-state index is 12.2. The molecule has 5 heteroatoms. The molecule has 0 aliphatic rings. The van der Waals surface area contributed by atoms with E-state index in [1.54, 1.807) is 36.4 Å². The van der Waals surface area contributed by atoms with Gasteiger partial charge in [0.05, 0.1) is 0 Å². The molecule has 3 aromatic rings. The van der Waals surface area contributed by atoms with E-state index in [2.05, 4.69) is 10.6 Å². The minimum atomic E-state index is -0.268. The second kappa shape index (κ2) is 8.48. The van der Waals surface area contributed by atoms with Crippen molar-refractivity contribution in [3.05, 3.63) is 90.5 Å². The number of anilines is 2. The number of carbonyl (C=O) groups excluding carboxylic acids is 2. The van der Waals surface area contributed by atoms with Crippen molar-refractivity contribution in [2.45, 2.75) is 0 Å². The van der Waals surface area contributed by atoms with Crippen LogP contribution in [0.4, 0.5) is 11.4 Å². The predicted molar refractivity (Wildman–Crippen MR) is 101 cm³/mol. The Morgan fingerprint density at radius 1 is 0.692 bits per heavy atom. The van der Waals surface area contributed by atoms with Crippen LogP contribution in [-0.4, -0.2) is 18.4 Å². The van der Waals surface area contributed by atoms with Gasteiger partial charge in [0.2, 0.25) is 0 Å². The summed E-state index contributed by atoms with van der Waals surface area (Å²) < 4.78 is 5.39. The maximum absolute atomic E-state index is 12.2. The molecule has 0 heterocycles. The molecule has 3 rings (SSSR count).